The highest BCUT2D eigenvalue weighted by atomic mass is 19.1. The summed E-state index contributed by atoms with van der Waals surface area (Å²) in [5.74, 6) is -1.55. The average Bonchev–Trinajstić information content (AvgIpc) is 3.67. The van der Waals surface area contributed by atoms with Crippen molar-refractivity contribution in [1.82, 2.24) is 15.2 Å². The predicted molar refractivity (Wildman–Crippen MR) is 185 cm³/mol. The van der Waals surface area contributed by atoms with Crippen LogP contribution in [0.5, 0.6) is 0 Å². The molecular formula is C39H46F2N4O4. The van der Waals surface area contributed by atoms with Crippen LogP contribution < -0.4 is 11.1 Å². The summed E-state index contributed by atoms with van der Waals surface area (Å²) in [6, 6.07) is 14.9. The lowest BCUT2D eigenvalue weighted by molar-refractivity contribution is 0.0163. The van der Waals surface area contributed by atoms with E-state index >= 15 is 0 Å². The normalized spacial score (nSPS) is 14.8. The molecule has 8 nitrogen and oxygen atoms in total. The maximum atomic E-state index is 14.2. The molecule has 0 bridgehead atoms. The highest BCUT2D eigenvalue weighted by Crippen LogP contribution is 2.49. The van der Waals surface area contributed by atoms with E-state index in [9.17, 15) is 18.4 Å². The maximum Gasteiger partial charge on any atom is 0.253 e. The number of hydrogen-bond acceptors (Lipinski definition) is 6. The zero-order chi connectivity index (χ0) is 35.1. The molecule has 1 aromatic heterocycles. The Balaban J connectivity index is 1.42. The summed E-state index contributed by atoms with van der Waals surface area (Å²) in [7, 11) is 0. The number of aromatic nitrogens is 1. The van der Waals surface area contributed by atoms with Gasteiger partial charge in [-0.1, -0.05) is 52.0 Å². The van der Waals surface area contributed by atoms with Crippen LogP contribution in [0, 0.1) is 11.6 Å². The van der Waals surface area contributed by atoms with Crippen LogP contribution in [0.3, 0.4) is 0 Å². The van der Waals surface area contributed by atoms with Crippen LogP contribution in [0.15, 0.2) is 77.5 Å². The van der Waals surface area contributed by atoms with Gasteiger partial charge in [-0.15, -0.1) is 0 Å². The van der Waals surface area contributed by atoms with Gasteiger partial charge in [0.15, 0.2) is 0 Å². The molecule has 1 heterocycles. The largest absolute Gasteiger partial charge is 0.445 e. The van der Waals surface area contributed by atoms with Crippen molar-refractivity contribution in [1.29, 1.82) is 0 Å². The molecule has 2 amide bonds. The van der Waals surface area contributed by atoms with Gasteiger partial charge in [-0.25, -0.2) is 13.8 Å². The van der Waals surface area contributed by atoms with Crippen molar-refractivity contribution in [3.63, 3.8) is 0 Å². The molecule has 260 valence electrons. The molecule has 3 aromatic carbocycles. The fourth-order valence-corrected chi connectivity index (χ4v) is 6.14. The molecule has 0 spiro atoms. The molecular weight excluding hydrogens is 626 g/mol. The van der Waals surface area contributed by atoms with Crippen LogP contribution in [-0.2, 0) is 16.8 Å². The molecule has 0 radical (unpaired) electrons. The molecule has 49 heavy (non-hydrogen) atoms. The number of halogens is 2. The van der Waals surface area contributed by atoms with Crippen LogP contribution in [0.4, 0.5) is 8.78 Å². The smallest absolute Gasteiger partial charge is 0.253 e. The second-order valence-electron chi connectivity index (χ2n) is 13.2. The molecule has 0 aliphatic heterocycles. The van der Waals surface area contributed by atoms with Crippen molar-refractivity contribution < 1.29 is 27.5 Å². The summed E-state index contributed by atoms with van der Waals surface area (Å²) in [6.45, 7) is 9.53. The molecule has 4 aromatic rings. The van der Waals surface area contributed by atoms with Crippen molar-refractivity contribution >= 4 is 11.8 Å². The van der Waals surface area contributed by atoms with Gasteiger partial charge in [-0.2, -0.15) is 0 Å². The third-order valence-electron chi connectivity index (χ3n) is 8.94. The van der Waals surface area contributed by atoms with Crippen molar-refractivity contribution in [3.8, 4) is 11.5 Å². The van der Waals surface area contributed by atoms with E-state index < -0.39 is 35.2 Å². The number of nitrogens with two attached hydrogens (primary N) is 1. The van der Waals surface area contributed by atoms with Gasteiger partial charge in [0.1, 0.15) is 17.9 Å². The first-order valence-corrected chi connectivity index (χ1v) is 17.1. The van der Waals surface area contributed by atoms with Gasteiger partial charge in [0.05, 0.1) is 24.4 Å². The Morgan fingerprint density at radius 2 is 1.69 bits per heavy atom. The quantitative estimate of drug-likeness (QED) is 0.129. The Kier molecular flexibility index (Phi) is 11.6. The molecule has 3 N–H and O–H groups in total. The standard InChI is InChI=1S/C39H46F2N4O4/c1-5-13-45(14-6-2)38(47)30-20-28(19-29(21-30)37-43-12-15-48-37)36(46)44-35(18-26-16-32(40)23-33(41)17-26)34(42)24-49-39(10-11-39)31-9-7-8-27(22-31)25(3)4/h7-9,12,15-17,19-23,25,34-35H,5-6,10-11,13-14,18,24,42H2,1-4H3,(H,44,46)/t34?,35-/m0/s1. The van der Waals surface area contributed by atoms with Gasteiger partial charge in [0.25, 0.3) is 11.8 Å². The fourth-order valence-electron chi connectivity index (χ4n) is 6.14. The molecule has 1 aliphatic carbocycles. The number of benzene rings is 3. The lowest BCUT2D eigenvalue weighted by atomic mass is 9.97. The van der Waals surface area contributed by atoms with E-state index in [1.807, 2.05) is 19.9 Å². The first kappa shape index (κ1) is 35.9. The molecule has 2 atom stereocenters. The van der Waals surface area contributed by atoms with Gasteiger partial charge in [0, 0.05) is 41.9 Å². The Hall–Kier alpha value is -4.41. The predicted octanol–water partition coefficient (Wildman–Crippen LogP) is 7.38. The van der Waals surface area contributed by atoms with Crippen LogP contribution in [0.1, 0.15) is 96.7 Å². The first-order chi connectivity index (χ1) is 23.5. The topological polar surface area (TPSA) is 111 Å². The summed E-state index contributed by atoms with van der Waals surface area (Å²) in [5.41, 5.74) is 9.88. The van der Waals surface area contributed by atoms with Gasteiger partial charge in [-0.05, 0) is 85.0 Å². The zero-order valence-corrected chi connectivity index (χ0v) is 28.7. The number of rotatable bonds is 16. The lowest BCUT2D eigenvalue weighted by Gasteiger charge is -2.28. The third-order valence-corrected chi connectivity index (χ3v) is 8.94. The van der Waals surface area contributed by atoms with Crippen molar-refractivity contribution in [2.75, 3.05) is 19.7 Å². The summed E-state index contributed by atoms with van der Waals surface area (Å²) in [4.78, 5) is 33.6. The molecule has 1 fully saturated rings. The second-order valence-corrected chi connectivity index (χ2v) is 13.2. The molecule has 1 saturated carbocycles. The number of carbonyl (C=O) groups is 2. The van der Waals surface area contributed by atoms with Crippen LogP contribution in [0.2, 0.25) is 0 Å². The fraction of sp³-hybridized carbons (Fsp3) is 0.410. The van der Waals surface area contributed by atoms with E-state index in [-0.39, 0.29) is 30.4 Å². The summed E-state index contributed by atoms with van der Waals surface area (Å²) < 4.78 is 40.5. The Labute approximate surface area is 287 Å². The van der Waals surface area contributed by atoms with Gasteiger partial charge in [0.2, 0.25) is 5.89 Å². The van der Waals surface area contributed by atoms with E-state index in [2.05, 4.69) is 42.3 Å². The number of oxazole rings is 1. The van der Waals surface area contributed by atoms with Crippen molar-refractivity contribution in [2.24, 2.45) is 5.73 Å². The van der Waals surface area contributed by atoms with Gasteiger partial charge < -0.3 is 25.1 Å². The van der Waals surface area contributed by atoms with E-state index in [1.165, 1.54) is 30.2 Å². The van der Waals surface area contributed by atoms with E-state index in [0.717, 1.165) is 37.3 Å². The average molecular weight is 673 g/mol. The monoisotopic (exact) mass is 672 g/mol. The molecule has 1 unspecified atom stereocenters. The number of amides is 2. The van der Waals surface area contributed by atoms with Crippen molar-refractivity contribution in [3.05, 3.63) is 113 Å². The maximum absolute atomic E-state index is 14.2. The van der Waals surface area contributed by atoms with Crippen LogP contribution in [0.25, 0.3) is 11.5 Å². The molecule has 1 aliphatic rings. The third kappa shape index (κ3) is 8.99. The SMILES string of the molecule is CCCN(CCC)C(=O)c1cc(C(=O)N[C@@H](Cc2cc(F)cc(F)c2)C(N)COC2(c3cccc(C(C)C)c3)CC2)cc(-c2ncco2)c1. The highest BCUT2D eigenvalue weighted by Gasteiger charge is 2.46. The van der Waals surface area contributed by atoms with Crippen molar-refractivity contribution in [2.45, 2.75) is 83.4 Å². The summed E-state index contributed by atoms with van der Waals surface area (Å²) in [5, 5.41) is 2.99. The van der Waals surface area contributed by atoms with Crippen LogP contribution in [-0.4, -0.2) is 53.5 Å². The molecule has 10 heteroatoms. The Bertz CT molecular complexity index is 1710. The van der Waals surface area contributed by atoms with E-state index in [1.54, 1.807) is 23.1 Å². The number of hydrogen-bond donors (Lipinski definition) is 2. The van der Waals surface area contributed by atoms with E-state index in [4.69, 9.17) is 14.9 Å². The summed E-state index contributed by atoms with van der Waals surface area (Å²) in [6.07, 6.45) is 6.20. The molecule has 0 saturated heterocycles. The zero-order valence-electron chi connectivity index (χ0n) is 28.7. The number of ether oxygens (including phenoxy) is 1. The second kappa shape index (κ2) is 15.9. The first-order valence-electron chi connectivity index (χ1n) is 17.1. The molecule has 5 rings (SSSR count). The van der Waals surface area contributed by atoms with Crippen LogP contribution >= 0.6 is 0 Å². The van der Waals surface area contributed by atoms with Gasteiger partial charge in [-0.3, -0.25) is 9.59 Å². The number of carbonyl (C=O) groups excluding carboxylic acids is 2. The minimum atomic E-state index is -0.771. The minimum absolute atomic E-state index is 0.0484. The summed E-state index contributed by atoms with van der Waals surface area (Å²) >= 11 is 0. The van der Waals surface area contributed by atoms with Gasteiger partial charge >= 0.3 is 0 Å². The Morgan fingerprint density at radius 3 is 2.31 bits per heavy atom. The minimum Gasteiger partial charge on any atom is -0.445 e. The number of nitrogens with one attached hydrogen (secondary N) is 1. The highest BCUT2D eigenvalue weighted by molar-refractivity contribution is 6.01. The number of nitrogens with zero attached hydrogens (tertiary/aromatic N) is 2. The lowest BCUT2D eigenvalue weighted by Crippen LogP contribution is -2.51. The Morgan fingerprint density at radius 1 is 1.00 bits per heavy atom. The van der Waals surface area contributed by atoms with E-state index in [0.29, 0.717) is 35.7 Å².